The number of carbonyl (C=O) groups excluding carboxylic acids is 1. The van der Waals surface area contributed by atoms with Crippen LogP contribution in [0.1, 0.15) is 15.9 Å². The van der Waals surface area contributed by atoms with Gasteiger partial charge in [-0.25, -0.2) is 9.37 Å². The Labute approximate surface area is 148 Å². The zero-order chi connectivity index (χ0) is 17.9. The van der Waals surface area contributed by atoms with Crippen LogP contribution in [0.3, 0.4) is 0 Å². The van der Waals surface area contributed by atoms with E-state index in [0.29, 0.717) is 34.8 Å². The van der Waals surface area contributed by atoms with Gasteiger partial charge >= 0.3 is 0 Å². The van der Waals surface area contributed by atoms with Gasteiger partial charge in [0.25, 0.3) is 5.91 Å². The molecule has 1 N–H and O–H groups in total. The molecule has 0 radical (unpaired) electrons. The molecular weight excluding hydrogens is 333 g/mol. The van der Waals surface area contributed by atoms with Crippen LogP contribution < -0.4 is 5.32 Å². The number of pyridine rings is 1. The van der Waals surface area contributed by atoms with Crippen LogP contribution in [0, 0.1) is 5.82 Å². The summed E-state index contributed by atoms with van der Waals surface area (Å²) in [6, 6.07) is 16.5. The number of carbonyl (C=O) groups is 1. The van der Waals surface area contributed by atoms with E-state index in [-0.39, 0.29) is 11.7 Å². The highest BCUT2D eigenvalue weighted by atomic mass is 19.1. The third-order valence-electron chi connectivity index (χ3n) is 3.90. The smallest absolute Gasteiger partial charge is 0.251 e. The highest BCUT2D eigenvalue weighted by Gasteiger charge is 2.12. The van der Waals surface area contributed by atoms with E-state index < -0.39 is 0 Å². The molecule has 0 unspecified atom stereocenters. The minimum Gasteiger partial charge on any atom is -0.435 e. The van der Waals surface area contributed by atoms with Gasteiger partial charge in [0.05, 0.1) is 0 Å². The van der Waals surface area contributed by atoms with Crippen molar-refractivity contribution in [2.75, 3.05) is 0 Å². The number of rotatable bonds is 4. The van der Waals surface area contributed by atoms with Crippen LogP contribution >= 0.6 is 0 Å². The molecule has 26 heavy (non-hydrogen) atoms. The van der Waals surface area contributed by atoms with Gasteiger partial charge in [-0.2, -0.15) is 0 Å². The molecule has 1 amide bonds. The lowest BCUT2D eigenvalue weighted by Gasteiger charge is -2.05. The predicted octanol–water partition coefficient (Wildman–Crippen LogP) is 3.96. The fraction of sp³-hybridized carbons (Fsp3) is 0.0500. The summed E-state index contributed by atoms with van der Waals surface area (Å²) in [6.45, 7) is 0.315. The first kappa shape index (κ1) is 16.0. The Bertz CT molecular complexity index is 1060. The standard InChI is InChI=1S/C20H14FN3O2/c21-15-7-4-13(5-8-15)12-23-19(25)14-6-9-18-17(11-14)24-20(26-18)16-3-1-2-10-22-16/h1-11H,12H2,(H,23,25). The van der Waals surface area contributed by atoms with Crippen molar-refractivity contribution in [3.05, 3.63) is 83.8 Å². The third kappa shape index (κ3) is 3.30. The largest absolute Gasteiger partial charge is 0.435 e. The van der Waals surface area contributed by atoms with Crippen LogP contribution in [0.2, 0.25) is 0 Å². The van der Waals surface area contributed by atoms with Gasteiger partial charge < -0.3 is 9.73 Å². The molecule has 0 aliphatic rings. The van der Waals surface area contributed by atoms with Crippen molar-refractivity contribution < 1.29 is 13.6 Å². The van der Waals surface area contributed by atoms with Crippen molar-refractivity contribution in [1.29, 1.82) is 0 Å². The first-order valence-electron chi connectivity index (χ1n) is 8.04. The number of aromatic nitrogens is 2. The maximum absolute atomic E-state index is 12.9. The Morgan fingerprint density at radius 3 is 2.69 bits per heavy atom. The molecule has 2 heterocycles. The van der Waals surface area contributed by atoms with Crippen LogP contribution in [0.25, 0.3) is 22.7 Å². The second-order valence-electron chi connectivity index (χ2n) is 5.73. The first-order chi connectivity index (χ1) is 12.7. The SMILES string of the molecule is O=C(NCc1ccc(F)cc1)c1ccc2oc(-c3ccccn3)nc2c1. The Hall–Kier alpha value is -3.54. The van der Waals surface area contributed by atoms with Crippen molar-refractivity contribution in [2.45, 2.75) is 6.54 Å². The normalized spacial score (nSPS) is 10.8. The van der Waals surface area contributed by atoms with Crippen molar-refractivity contribution >= 4 is 17.0 Å². The summed E-state index contributed by atoms with van der Waals surface area (Å²) < 4.78 is 18.6. The number of fused-ring (bicyclic) bond motifs is 1. The molecule has 0 atom stereocenters. The van der Waals surface area contributed by atoms with Crippen LogP contribution in [0.5, 0.6) is 0 Å². The number of nitrogens with one attached hydrogen (secondary N) is 1. The molecule has 128 valence electrons. The van der Waals surface area contributed by atoms with Gasteiger partial charge in [-0.1, -0.05) is 18.2 Å². The Kier molecular flexibility index (Phi) is 4.15. The molecular formula is C20H14FN3O2. The Balaban J connectivity index is 1.53. The first-order valence-corrected chi connectivity index (χ1v) is 8.04. The van der Waals surface area contributed by atoms with Crippen molar-refractivity contribution in [3.63, 3.8) is 0 Å². The maximum Gasteiger partial charge on any atom is 0.251 e. The average Bonchev–Trinajstić information content (AvgIpc) is 3.11. The van der Waals surface area contributed by atoms with E-state index >= 15 is 0 Å². The van der Waals surface area contributed by atoms with Gasteiger partial charge in [-0.3, -0.25) is 9.78 Å². The molecule has 0 fully saturated rings. The number of benzene rings is 2. The number of nitrogens with zero attached hydrogens (tertiary/aromatic N) is 2. The zero-order valence-electron chi connectivity index (χ0n) is 13.6. The molecule has 2 aromatic carbocycles. The summed E-state index contributed by atoms with van der Waals surface area (Å²) >= 11 is 0. The number of oxazole rings is 1. The lowest BCUT2D eigenvalue weighted by Crippen LogP contribution is -2.22. The lowest BCUT2D eigenvalue weighted by molar-refractivity contribution is 0.0951. The molecule has 4 aromatic rings. The summed E-state index contributed by atoms with van der Waals surface area (Å²) in [7, 11) is 0. The van der Waals surface area contributed by atoms with E-state index in [1.807, 2.05) is 12.1 Å². The van der Waals surface area contributed by atoms with Crippen molar-refractivity contribution in [1.82, 2.24) is 15.3 Å². The van der Waals surface area contributed by atoms with Crippen LogP contribution in [-0.2, 0) is 6.54 Å². The van der Waals surface area contributed by atoms with E-state index in [1.54, 1.807) is 42.6 Å². The summed E-state index contributed by atoms with van der Waals surface area (Å²) in [6.07, 6.45) is 1.67. The predicted molar refractivity (Wildman–Crippen MR) is 94.8 cm³/mol. The van der Waals surface area contributed by atoms with Gasteiger partial charge in [0.15, 0.2) is 5.58 Å². The van der Waals surface area contributed by atoms with E-state index in [9.17, 15) is 9.18 Å². The lowest BCUT2D eigenvalue weighted by atomic mass is 10.1. The molecule has 5 nitrogen and oxygen atoms in total. The average molecular weight is 347 g/mol. The zero-order valence-corrected chi connectivity index (χ0v) is 13.6. The second kappa shape index (κ2) is 6.76. The molecule has 6 heteroatoms. The topological polar surface area (TPSA) is 68.0 Å². The Morgan fingerprint density at radius 2 is 1.92 bits per heavy atom. The quantitative estimate of drug-likeness (QED) is 0.607. The van der Waals surface area contributed by atoms with Crippen LogP contribution in [0.4, 0.5) is 4.39 Å². The molecule has 4 rings (SSSR count). The summed E-state index contributed by atoms with van der Waals surface area (Å²) in [5.41, 5.74) is 3.09. The fourth-order valence-corrected chi connectivity index (χ4v) is 2.55. The van der Waals surface area contributed by atoms with E-state index in [2.05, 4.69) is 15.3 Å². The van der Waals surface area contributed by atoms with E-state index in [4.69, 9.17) is 4.42 Å². The maximum atomic E-state index is 12.9. The minimum absolute atomic E-state index is 0.237. The minimum atomic E-state index is -0.305. The number of hydrogen-bond donors (Lipinski definition) is 1. The highest BCUT2D eigenvalue weighted by Crippen LogP contribution is 2.23. The molecule has 0 bridgehead atoms. The number of amides is 1. The third-order valence-corrected chi connectivity index (χ3v) is 3.90. The van der Waals surface area contributed by atoms with Gasteiger partial charge in [0.2, 0.25) is 5.89 Å². The van der Waals surface area contributed by atoms with Gasteiger partial charge in [0, 0.05) is 18.3 Å². The summed E-state index contributed by atoms with van der Waals surface area (Å²) in [5.74, 6) is -0.136. The van der Waals surface area contributed by atoms with Crippen molar-refractivity contribution in [3.8, 4) is 11.6 Å². The van der Waals surface area contributed by atoms with Gasteiger partial charge in [-0.15, -0.1) is 0 Å². The highest BCUT2D eigenvalue weighted by molar-refractivity contribution is 5.97. The molecule has 0 saturated carbocycles. The summed E-state index contributed by atoms with van der Waals surface area (Å²) in [5, 5.41) is 2.81. The molecule has 0 aliphatic heterocycles. The molecule has 0 aliphatic carbocycles. The number of hydrogen-bond acceptors (Lipinski definition) is 4. The second-order valence-corrected chi connectivity index (χ2v) is 5.73. The number of halogens is 1. The molecule has 0 saturated heterocycles. The van der Waals surface area contributed by atoms with E-state index in [0.717, 1.165) is 5.56 Å². The monoisotopic (exact) mass is 347 g/mol. The van der Waals surface area contributed by atoms with E-state index in [1.165, 1.54) is 12.1 Å². The van der Waals surface area contributed by atoms with Crippen LogP contribution in [0.15, 0.2) is 71.3 Å². The molecule has 2 aromatic heterocycles. The Morgan fingerprint density at radius 1 is 1.08 bits per heavy atom. The van der Waals surface area contributed by atoms with Crippen LogP contribution in [-0.4, -0.2) is 15.9 Å². The summed E-state index contributed by atoms with van der Waals surface area (Å²) in [4.78, 5) is 21.0. The molecule has 0 spiro atoms. The van der Waals surface area contributed by atoms with Gasteiger partial charge in [-0.05, 0) is 48.0 Å². The fourth-order valence-electron chi connectivity index (χ4n) is 2.55. The van der Waals surface area contributed by atoms with Gasteiger partial charge in [0.1, 0.15) is 17.0 Å². The van der Waals surface area contributed by atoms with Crippen molar-refractivity contribution in [2.24, 2.45) is 0 Å².